The predicted molar refractivity (Wildman–Crippen MR) is 118 cm³/mol. The second kappa shape index (κ2) is 10.8. The molecule has 0 aliphatic heterocycles. The zero-order valence-corrected chi connectivity index (χ0v) is 18.2. The van der Waals surface area contributed by atoms with Gasteiger partial charge < -0.3 is 20.4 Å². The maximum absolute atomic E-state index is 12.8. The summed E-state index contributed by atoms with van der Waals surface area (Å²) in [6, 6.07) is 10.4. The van der Waals surface area contributed by atoms with Crippen LogP contribution in [0.2, 0.25) is 0 Å². The fourth-order valence-electron chi connectivity index (χ4n) is 4.01. The van der Waals surface area contributed by atoms with Crippen molar-refractivity contribution in [3.05, 3.63) is 47.7 Å². The third-order valence-electron chi connectivity index (χ3n) is 5.79. The third kappa shape index (κ3) is 5.96. The summed E-state index contributed by atoms with van der Waals surface area (Å²) < 4.78 is 5.80. The SMILES string of the molecule is CCC(=O)NCc1cccc(-c2ccc(C(=O)NC(C(=O)NC)C3CCCCC3)o2)c1. The molecule has 166 valence electrons. The Morgan fingerprint density at radius 1 is 1.10 bits per heavy atom. The zero-order valence-electron chi connectivity index (χ0n) is 18.2. The van der Waals surface area contributed by atoms with Crippen LogP contribution in [0, 0.1) is 5.92 Å². The van der Waals surface area contributed by atoms with Gasteiger partial charge in [0.25, 0.3) is 5.91 Å². The van der Waals surface area contributed by atoms with Crippen LogP contribution in [0.3, 0.4) is 0 Å². The zero-order chi connectivity index (χ0) is 22.2. The molecule has 1 aromatic carbocycles. The highest BCUT2D eigenvalue weighted by Gasteiger charge is 2.31. The van der Waals surface area contributed by atoms with Crippen molar-refractivity contribution in [2.24, 2.45) is 5.92 Å². The van der Waals surface area contributed by atoms with E-state index in [1.165, 1.54) is 6.42 Å². The molecule has 1 aliphatic rings. The first-order chi connectivity index (χ1) is 15.0. The van der Waals surface area contributed by atoms with E-state index in [2.05, 4.69) is 16.0 Å². The molecule has 1 aliphatic carbocycles. The van der Waals surface area contributed by atoms with Gasteiger partial charge in [0.1, 0.15) is 11.8 Å². The third-order valence-corrected chi connectivity index (χ3v) is 5.79. The molecule has 0 radical (unpaired) electrons. The molecular weight excluding hydrogens is 394 g/mol. The number of hydrogen-bond acceptors (Lipinski definition) is 4. The van der Waals surface area contributed by atoms with Crippen molar-refractivity contribution in [3.8, 4) is 11.3 Å². The van der Waals surface area contributed by atoms with E-state index in [0.29, 0.717) is 18.7 Å². The number of hydrogen-bond donors (Lipinski definition) is 3. The Bertz CT molecular complexity index is 915. The minimum Gasteiger partial charge on any atom is -0.451 e. The lowest BCUT2D eigenvalue weighted by atomic mass is 9.83. The highest BCUT2D eigenvalue weighted by molar-refractivity contribution is 5.96. The summed E-state index contributed by atoms with van der Waals surface area (Å²) in [5.74, 6) is 0.297. The van der Waals surface area contributed by atoms with E-state index in [1.807, 2.05) is 31.2 Å². The first-order valence-electron chi connectivity index (χ1n) is 11.0. The van der Waals surface area contributed by atoms with Crippen LogP contribution < -0.4 is 16.0 Å². The summed E-state index contributed by atoms with van der Waals surface area (Å²) in [4.78, 5) is 36.7. The molecule has 1 heterocycles. The van der Waals surface area contributed by atoms with Crippen LogP contribution in [0.4, 0.5) is 0 Å². The molecule has 0 spiro atoms. The van der Waals surface area contributed by atoms with E-state index in [9.17, 15) is 14.4 Å². The minimum atomic E-state index is -0.558. The van der Waals surface area contributed by atoms with Gasteiger partial charge in [-0.3, -0.25) is 14.4 Å². The summed E-state index contributed by atoms with van der Waals surface area (Å²) in [6.45, 7) is 2.24. The molecule has 1 saturated carbocycles. The van der Waals surface area contributed by atoms with Gasteiger partial charge in [-0.25, -0.2) is 0 Å². The predicted octanol–water partition coefficient (Wildman–Crippen LogP) is 3.40. The maximum atomic E-state index is 12.8. The van der Waals surface area contributed by atoms with Crippen LogP contribution >= 0.6 is 0 Å². The average Bonchev–Trinajstić information content (AvgIpc) is 3.31. The number of carbonyl (C=O) groups is 3. The van der Waals surface area contributed by atoms with Crippen LogP contribution in [0.15, 0.2) is 40.8 Å². The number of carbonyl (C=O) groups excluding carboxylic acids is 3. The van der Waals surface area contributed by atoms with E-state index < -0.39 is 11.9 Å². The van der Waals surface area contributed by atoms with Crippen molar-refractivity contribution in [2.75, 3.05) is 7.05 Å². The molecule has 1 aromatic heterocycles. The first-order valence-corrected chi connectivity index (χ1v) is 11.0. The first kappa shape index (κ1) is 22.6. The Balaban J connectivity index is 1.70. The average molecular weight is 426 g/mol. The summed E-state index contributed by atoms with van der Waals surface area (Å²) in [6.07, 6.45) is 5.64. The van der Waals surface area contributed by atoms with E-state index in [-0.39, 0.29) is 23.5 Å². The molecule has 3 N–H and O–H groups in total. The van der Waals surface area contributed by atoms with Gasteiger partial charge in [-0.05, 0) is 42.5 Å². The number of amides is 3. The van der Waals surface area contributed by atoms with Gasteiger partial charge in [0.05, 0.1) is 0 Å². The van der Waals surface area contributed by atoms with Crippen molar-refractivity contribution in [1.29, 1.82) is 0 Å². The fourth-order valence-corrected chi connectivity index (χ4v) is 4.01. The van der Waals surface area contributed by atoms with Crippen molar-refractivity contribution >= 4 is 17.7 Å². The van der Waals surface area contributed by atoms with E-state index in [1.54, 1.807) is 19.2 Å². The summed E-state index contributed by atoms with van der Waals surface area (Å²) in [5.41, 5.74) is 1.76. The van der Waals surface area contributed by atoms with Crippen LogP contribution in [-0.4, -0.2) is 30.8 Å². The summed E-state index contributed by atoms with van der Waals surface area (Å²) in [5, 5.41) is 8.39. The smallest absolute Gasteiger partial charge is 0.287 e. The molecule has 7 nitrogen and oxygen atoms in total. The molecule has 0 saturated heterocycles. The molecule has 31 heavy (non-hydrogen) atoms. The number of nitrogens with one attached hydrogen (secondary N) is 3. The molecule has 3 rings (SSSR count). The molecule has 1 unspecified atom stereocenters. The van der Waals surface area contributed by atoms with Crippen molar-refractivity contribution < 1.29 is 18.8 Å². The summed E-state index contributed by atoms with van der Waals surface area (Å²) in [7, 11) is 1.59. The Labute approximate surface area is 183 Å². The van der Waals surface area contributed by atoms with Crippen LogP contribution in [0.25, 0.3) is 11.3 Å². The Hall–Kier alpha value is -3.09. The van der Waals surface area contributed by atoms with Crippen LogP contribution in [-0.2, 0) is 16.1 Å². The van der Waals surface area contributed by atoms with Gasteiger partial charge in [-0.1, -0.05) is 44.4 Å². The van der Waals surface area contributed by atoms with Crippen molar-refractivity contribution in [3.63, 3.8) is 0 Å². The molecule has 0 bridgehead atoms. The number of rotatable bonds is 8. The molecule has 7 heteroatoms. The highest BCUT2D eigenvalue weighted by Crippen LogP contribution is 2.27. The second-order valence-corrected chi connectivity index (χ2v) is 7.96. The quantitative estimate of drug-likeness (QED) is 0.603. The van der Waals surface area contributed by atoms with E-state index >= 15 is 0 Å². The van der Waals surface area contributed by atoms with E-state index in [4.69, 9.17) is 4.42 Å². The molecular formula is C24H31N3O4. The Morgan fingerprint density at radius 3 is 2.58 bits per heavy atom. The van der Waals surface area contributed by atoms with Gasteiger partial charge in [-0.2, -0.15) is 0 Å². The minimum absolute atomic E-state index is 0.00834. The standard InChI is InChI=1S/C24H31N3O4/c1-3-21(28)26-15-16-8-7-11-18(14-16)19-12-13-20(31-19)23(29)27-22(24(30)25-2)17-9-5-4-6-10-17/h7-8,11-14,17,22H,3-6,9-10,15H2,1-2H3,(H,25,30)(H,26,28)(H,27,29). The highest BCUT2D eigenvalue weighted by atomic mass is 16.4. The second-order valence-electron chi connectivity index (χ2n) is 7.96. The molecule has 3 amide bonds. The van der Waals surface area contributed by atoms with Gasteiger partial charge in [0, 0.05) is 25.6 Å². The molecule has 1 fully saturated rings. The lowest BCUT2D eigenvalue weighted by Gasteiger charge is -2.29. The normalized spacial score (nSPS) is 15.2. The monoisotopic (exact) mass is 425 g/mol. The van der Waals surface area contributed by atoms with Gasteiger partial charge in [0.2, 0.25) is 11.8 Å². The maximum Gasteiger partial charge on any atom is 0.287 e. The molecule has 2 aromatic rings. The Morgan fingerprint density at radius 2 is 1.87 bits per heavy atom. The van der Waals surface area contributed by atoms with Gasteiger partial charge in [-0.15, -0.1) is 0 Å². The summed E-state index contributed by atoms with van der Waals surface area (Å²) >= 11 is 0. The van der Waals surface area contributed by atoms with Crippen molar-refractivity contribution in [1.82, 2.24) is 16.0 Å². The van der Waals surface area contributed by atoms with Crippen LogP contribution in [0.5, 0.6) is 0 Å². The van der Waals surface area contributed by atoms with Crippen molar-refractivity contribution in [2.45, 2.75) is 58.0 Å². The number of benzene rings is 1. The topological polar surface area (TPSA) is 100 Å². The van der Waals surface area contributed by atoms with Crippen LogP contribution in [0.1, 0.15) is 61.6 Å². The number of furan rings is 1. The Kier molecular flexibility index (Phi) is 7.87. The lowest BCUT2D eigenvalue weighted by Crippen LogP contribution is -2.50. The largest absolute Gasteiger partial charge is 0.451 e. The van der Waals surface area contributed by atoms with Gasteiger partial charge in [0.15, 0.2) is 5.76 Å². The van der Waals surface area contributed by atoms with E-state index in [0.717, 1.165) is 36.8 Å². The van der Waals surface area contributed by atoms with Gasteiger partial charge >= 0.3 is 0 Å². The number of likely N-dealkylation sites (N-methyl/N-ethyl adjacent to an activating group) is 1. The fraction of sp³-hybridized carbons (Fsp3) is 0.458. The lowest BCUT2D eigenvalue weighted by molar-refractivity contribution is -0.124. The molecule has 1 atom stereocenters.